The second-order valence-corrected chi connectivity index (χ2v) is 11.7. The number of sulfone groups is 2. The summed E-state index contributed by atoms with van der Waals surface area (Å²) in [5, 5.41) is 2.30. The molecule has 0 unspecified atom stereocenters. The van der Waals surface area contributed by atoms with Gasteiger partial charge in [0.15, 0.2) is 19.7 Å². The Kier molecular flexibility index (Phi) is 5.89. The van der Waals surface area contributed by atoms with Gasteiger partial charge in [0.25, 0.3) is 0 Å². The van der Waals surface area contributed by atoms with Crippen LogP contribution in [-0.2, 0) is 19.7 Å². The van der Waals surface area contributed by atoms with Crippen LogP contribution in [0.15, 0.2) is 40.8 Å². The van der Waals surface area contributed by atoms with Crippen molar-refractivity contribution < 1.29 is 16.8 Å². The number of rotatable bonds is 6. The second-order valence-electron chi connectivity index (χ2n) is 7.39. The summed E-state index contributed by atoms with van der Waals surface area (Å²) in [5.41, 5.74) is 2.36. The lowest BCUT2D eigenvalue weighted by atomic mass is 9.97. The normalized spacial score (nSPS) is 25.8. The van der Waals surface area contributed by atoms with Gasteiger partial charge in [0.1, 0.15) is 0 Å². The van der Waals surface area contributed by atoms with E-state index < -0.39 is 31.0 Å². The maximum Gasteiger partial charge on any atom is 0.183 e. The molecule has 0 saturated carbocycles. The molecule has 1 aliphatic heterocycles. The van der Waals surface area contributed by atoms with E-state index in [9.17, 15) is 16.8 Å². The quantitative estimate of drug-likeness (QED) is 0.746. The van der Waals surface area contributed by atoms with E-state index in [4.69, 9.17) is 0 Å². The first-order valence-corrected chi connectivity index (χ1v) is 12.6. The van der Waals surface area contributed by atoms with Crippen LogP contribution in [0.3, 0.4) is 0 Å². The summed E-state index contributed by atoms with van der Waals surface area (Å²) in [7, 11) is -7.04. The summed E-state index contributed by atoms with van der Waals surface area (Å²) in [6, 6.07) is 6.08. The van der Waals surface area contributed by atoms with Crippen molar-refractivity contribution in [2.75, 3.05) is 18.1 Å². The molecular weight excluding hydrogens is 370 g/mol. The molecule has 5 nitrogen and oxygen atoms in total. The highest BCUT2D eigenvalue weighted by Crippen LogP contribution is 2.26. The Bertz CT molecular complexity index is 871. The number of benzene rings is 1. The van der Waals surface area contributed by atoms with Gasteiger partial charge in [-0.15, -0.1) is 0 Å². The summed E-state index contributed by atoms with van der Waals surface area (Å²) in [6.07, 6.45) is 7.75. The molecule has 2 aliphatic rings. The van der Waals surface area contributed by atoms with Gasteiger partial charge in [-0.05, 0) is 57.7 Å². The molecule has 2 atom stereocenters. The van der Waals surface area contributed by atoms with Crippen LogP contribution in [0.5, 0.6) is 0 Å². The van der Waals surface area contributed by atoms with Crippen molar-refractivity contribution in [2.45, 2.75) is 55.2 Å². The maximum absolute atomic E-state index is 13.0. The molecule has 1 aromatic carbocycles. The topological polar surface area (TPSA) is 80.3 Å². The van der Waals surface area contributed by atoms with Crippen molar-refractivity contribution in [2.24, 2.45) is 0 Å². The van der Waals surface area contributed by atoms with E-state index >= 15 is 0 Å². The minimum atomic E-state index is -3.69. The molecule has 1 aliphatic carbocycles. The SMILES string of the molecule is Cc1ccc(S(=O)(=O)[C@H]2CS(=O)(=O)C[C@@H]2NCCC2=CCCCC2)cc1. The van der Waals surface area contributed by atoms with Gasteiger partial charge in [-0.2, -0.15) is 0 Å². The summed E-state index contributed by atoms with van der Waals surface area (Å²) in [5.74, 6) is -0.411. The van der Waals surface area contributed by atoms with Gasteiger partial charge < -0.3 is 5.32 Å². The van der Waals surface area contributed by atoms with Gasteiger partial charge in [-0.3, -0.25) is 0 Å². The van der Waals surface area contributed by atoms with Gasteiger partial charge >= 0.3 is 0 Å². The molecule has 7 heteroatoms. The lowest BCUT2D eigenvalue weighted by Crippen LogP contribution is -2.43. The number of aryl methyl sites for hydroxylation is 1. The molecule has 0 aromatic heterocycles. The fourth-order valence-electron chi connectivity index (χ4n) is 3.76. The number of hydrogen-bond donors (Lipinski definition) is 1. The van der Waals surface area contributed by atoms with Crippen molar-refractivity contribution in [3.63, 3.8) is 0 Å². The van der Waals surface area contributed by atoms with Crippen LogP contribution in [-0.4, -0.2) is 46.2 Å². The second kappa shape index (κ2) is 7.82. The fourth-order valence-corrected chi connectivity index (χ4v) is 8.48. The van der Waals surface area contributed by atoms with Crippen LogP contribution < -0.4 is 5.32 Å². The van der Waals surface area contributed by atoms with E-state index in [1.54, 1.807) is 24.3 Å². The lowest BCUT2D eigenvalue weighted by Gasteiger charge is -2.21. The third-order valence-corrected chi connectivity index (χ3v) is 9.45. The van der Waals surface area contributed by atoms with Gasteiger partial charge in [0, 0.05) is 6.04 Å². The van der Waals surface area contributed by atoms with Crippen molar-refractivity contribution in [3.05, 3.63) is 41.5 Å². The summed E-state index contributed by atoms with van der Waals surface area (Å²) in [4.78, 5) is 0.201. The Hall–Kier alpha value is -1.18. The minimum Gasteiger partial charge on any atom is -0.311 e. The van der Waals surface area contributed by atoms with Crippen LogP contribution >= 0.6 is 0 Å². The van der Waals surface area contributed by atoms with Gasteiger partial charge in [0.2, 0.25) is 0 Å². The molecule has 1 saturated heterocycles. The molecule has 0 bridgehead atoms. The first-order chi connectivity index (χ1) is 12.3. The molecule has 0 amide bonds. The highest BCUT2D eigenvalue weighted by atomic mass is 32.2. The molecule has 144 valence electrons. The summed E-state index contributed by atoms with van der Waals surface area (Å²) in [6.45, 7) is 2.51. The van der Waals surface area contributed by atoms with Gasteiger partial charge in [-0.1, -0.05) is 29.3 Å². The van der Waals surface area contributed by atoms with E-state index in [1.807, 2.05) is 6.92 Å². The molecule has 1 fully saturated rings. The number of allylic oxidation sites excluding steroid dienone is 1. The van der Waals surface area contributed by atoms with E-state index in [0.717, 1.165) is 24.8 Å². The summed E-state index contributed by atoms with van der Waals surface area (Å²) >= 11 is 0. The van der Waals surface area contributed by atoms with E-state index in [2.05, 4.69) is 11.4 Å². The van der Waals surface area contributed by atoms with Crippen molar-refractivity contribution in [1.82, 2.24) is 5.32 Å². The molecule has 1 N–H and O–H groups in total. The zero-order chi connectivity index (χ0) is 18.8. The first kappa shape index (κ1) is 19.6. The Balaban J connectivity index is 1.73. The first-order valence-electron chi connectivity index (χ1n) is 9.20. The van der Waals surface area contributed by atoms with Gasteiger partial charge in [0.05, 0.1) is 21.7 Å². The van der Waals surface area contributed by atoms with Gasteiger partial charge in [-0.25, -0.2) is 16.8 Å². The Morgan fingerprint density at radius 2 is 1.85 bits per heavy atom. The van der Waals surface area contributed by atoms with Crippen LogP contribution in [0.4, 0.5) is 0 Å². The molecule has 3 rings (SSSR count). The van der Waals surface area contributed by atoms with Crippen LogP contribution in [0, 0.1) is 6.92 Å². The largest absolute Gasteiger partial charge is 0.311 e. The van der Waals surface area contributed by atoms with Crippen molar-refractivity contribution in [3.8, 4) is 0 Å². The molecule has 1 heterocycles. The Morgan fingerprint density at radius 1 is 1.12 bits per heavy atom. The monoisotopic (exact) mass is 397 g/mol. The third kappa shape index (κ3) is 4.56. The standard InChI is InChI=1S/C19H27NO4S2/c1-15-7-9-17(10-8-15)26(23,24)19-14-25(21,22)13-18(19)20-12-11-16-5-3-2-4-6-16/h5,7-10,18-20H,2-4,6,11-14H2,1H3/t18-,19-/m0/s1. The molecule has 1 aromatic rings. The van der Waals surface area contributed by atoms with E-state index in [-0.39, 0.29) is 16.4 Å². The zero-order valence-corrected chi connectivity index (χ0v) is 16.8. The fraction of sp³-hybridized carbons (Fsp3) is 0.579. The average Bonchev–Trinajstić information content (AvgIpc) is 2.92. The third-order valence-electron chi connectivity index (χ3n) is 5.29. The van der Waals surface area contributed by atoms with E-state index in [0.29, 0.717) is 6.54 Å². The lowest BCUT2D eigenvalue weighted by molar-refractivity contribution is 0.523. The van der Waals surface area contributed by atoms with E-state index in [1.165, 1.54) is 18.4 Å². The molecular formula is C19H27NO4S2. The average molecular weight is 398 g/mol. The van der Waals surface area contributed by atoms with Crippen molar-refractivity contribution >= 4 is 19.7 Å². The number of hydrogen-bond acceptors (Lipinski definition) is 5. The zero-order valence-electron chi connectivity index (χ0n) is 15.1. The van der Waals surface area contributed by atoms with Crippen LogP contribution in [0.25, 0.3) is 0 Å². The molecule has 0 radical (unpaired) electrons. The van der Waals surface area contributed by atoms with Crippen LogP contribution in [0.1, 0.15) is 37.7 Å². The molecule has 26 heavy (non-hydrogen) atoms. The van der Waals surface area contributed by atoms with Crippen molar-refractivity contribution in [1.29, 1.82) is 0 Å². The highest BCUT2D eigenvalue weighted by molar-refractivity contribution is 7.96. The smallest absolute Gasteiger partial charge is 0.183 e. The highest BCUT2D eigenvalue weighted by Gasteiger charge is 2.45. The predicted molar refractivity (Wildman–Crippen MR) is 104 cm³/mol. The van der Waals surface area contributed by atoms with Crippen LogP contribution in [0.2, 0.25) is 0 Å². The Morgan fingerprint density at radius 3 is 2.50 bits per heavy atom. The minimum absolute atomic E-state index is 0.109. The predicted octanol–water partition coefficient (Wildman–Crippen LogP) is 2.41. The number of nitrogens with one attached hydrogen (secondary N) is 1. The maximum atomic E-state index is 13.0. The molecule has 0 spiro atoms. The Labute approximate surface area is 156 Å². The summed E-state index contributed by atoms with van der Waals surface area (Å²) < 4.78 is 50.3.